The van der Waals surface area contributed by atoms with Crippen molar-refractivity contribution in [1.29, 1.82) is 0 Å². The summed E-state index contributed by atoms with van der Waals surface area (Å²) in [5, 5.41) is 3.38. The molecule has 0 fully saturated rings. The third-order valence-electron chi connectivity index (χ3n) is 3.32. The van der Waals surface area contributed by atoms with Gasteiger partial charge in [-0.25, -0.2) is 4.98 Å². The number of hydrogen-bond acceptors (Lipinski definition) is 2. The monoisotopic (exact) mass is 332 g/mol. The van der Waals surface area contributed by atoms with Gasteiger partial charge in [0.2, 0.25) is 0 Å². The number of rotatable bonds is 3. The molecule has 0 aliphatic rings. The van der Waals surface area contributed by atoms with E-state index < -0.39 is 0 Å². The summed E-state index contributed by atoms with van der Waals surface area (Å²) in [7, 11) is 0. The van der Waals surface area contributed by atoms with E-state index in [-0.39, 0.29) is 5.41 Å². The number of hydrogen-bond donors (Lipinski definition) is 1. The zero-order valence-corrected chi connectivity index (χ0v) is 14.1. The highest BCUT2D eigenvalue weighted by molar-refractivity contribution is 9.10. The highest BCUT2D eigenvalue weighted by Gasteiger charge is 2.12. The lowest BCUT2D eigenvalue weighted by molar-refractivity contribution is 0.590. The number of aryl methyl sites for hydroxylation is 1. The molecule has 1 N–H and O–H groups in total. The molecule has 1 aromatic heterocycles. The van der Waals surface area contributed by atoms with Gasteiger partial charge in [0, 0.05) is 17.2 Å². The molecule has 0 unspecified atom stereocenters. The number of halogens is 1. The minimum Gasteiger partial charge on any atom is -0.366 e. The summed E-state index contributed by atoms with van der Waals surface area (Å²) in [6.45, 7) is 9.54. The van der Waals surface area contributed by atoms with E-state index in [1.807, 2.05) is 6.20 Å². The van der Waals surface area contributed by atoms with E-state index in [1.165, 1.54) is 11.1 Å². The van der Waals surface area contributed by atoms with E-state index in [9.17, 15) is 0 Å². The van der Waals surface area contributed by atoms with Crippen LogP contribution in [0.1, 0.15) is 37.5 Å². The Morgan fingerprint density at radius 1 is 1.15 bits per heavy atom. The lowest BCUT2D eigenvalue weighted by atomic mass is 9.87. The third kappa shape index (κ3) is 3.83. The molecule has 0 saturated heterocycles. The fourth-order valence-electron chi connectivity index (χ4n) is 2.03. The maximum Gasteiger partial charge on any atom is 0.129 e. The van der Waals surface area contributed by atoms with E-state index in [0.29, 0.717) is 0 Å². The largest absolute Gasteiger partial charge is 0.366 e. The summed E-state index contributed by atoms with van der Waals surface area (Å²) in [6.07, 6.45) is 1.82. The van der Waals surface area contributed by atoms with E-state index in [0.717, 1.165) is 22.4 Å². The Hall–Kier alpha value is -1.35. The van der Waals surface area contributed by atoms with E-state index in [4.69, 9.17) is 0 Å². The molecule has 0 aliphatic heterocycles. The van der Waals surface area contributed by atoms with Crippen LogP contribution in [0.3, 0.4) is 0 Å². The van der Waals surface area contributed by atoms with Gasteiger partial charge in [-0.2, -0.15) is 0 Å². The van der Waals surface area contributed by atoms with Gasteiger partial charge in [0.1, 0.15) is 5.82 Å². The number of nitrogens with zero attached hydrogens (tertiary/aromatic N) is 1. The molecule has 0 radical (unpaired) electrons. The lowest BCUT2D eigenvalue weighted by Gasteiger charge is -2.19. The van der Waals surface area contributed by atoms with Gasteiger partial charge in [-0.15, -0.1) is 0 Å². The topological polar surface area (TPSA) is 24.9 Å². The van der Waals surface area contributed by atoms with Crippen molar-refractivity contribution in [2.75, 3.05) is 5.32 Å². The van der Waals surface area contributed by atoms with Crippen molar-refractivity contribution in [1.82, 2.24) is 4.98 Å². The molecule has 0 spiro atoms. The molecule has 2 rings (SSSR count). The number of aromatic nitrogens is 1. The van der Waals surface area contributed by atoms with Crippen LogP contribution < -0.4 is 5.32 Å². The van der Waals surface area contributed by atoms with E-state index in [1.54, 1.807) is 0 Å². The second-order valence-corrected chi connectivity index (χ2v) is 7.04. The normalized spacial score (nSPS) is 11.4. The average Bonchev–Trinajstić information content (AvgIpc) is 2.37. The zero-order valence-electron chi connectivity index (χ0n) is 12.5. The molecule has 0 bridgehead atoms. The molecular weight excluding hydrogens is 312 g/mol. The minimum atomic E-state index is 0.204. The molecule has 1 heterocycles. The average molecular weight is 333 g/mol. The first-order chi connectivity index (χ1) is 9.36. The van der Waals surface area contributed by atoms with Crippen LogP contribution in [0, 0.1) is 6.92 Å². The molecular formula is C17H21BrN2. The molecule has 2 aromatic rings. The SMILES string of the molecule is Cc1cc(Br)cnc1NCc1ccc(C(C)(C)C)cc1. The third-order valence-corrected chi connectivity index (χ3v) is 3.76. The molecule has 0 saturated carbocycles. The minimum absolute atomic E-state index is 0.204. The van der Waals surface area contributed by atoms with Gasteiger partial charge in [-0.1, -0.05) is 45.0 Å². The predicted molar refractivity (Wildman–Crippen MR) is 89.1 cm³/mol. The second-order valence-electron chi connectivity index (χ2n) is 6.12. The highest BCUT2D eigenvalue weighted by atomic mass is 79.9. The molecule has 20 heavy (non-hydrogen) atoms. The number of pyridine rings is 1. The summed E-state index contributed by atoms with van der Waals surface area (Å²) in [5.41, 5.74) is 3.97. The summed E-state index contributed by atoms with van der Waals surface area (Å²) in [4.78, 5) is 4.39. The maximum atomic E-state index is 4.39. The van der Waals surface area contributed by atoms with Crippen molar-refractivity contribution < 1.29 is 0 Å². The first kappa shape index (κ1) is 15.0. The molecule has 3 heteroatoms. The van der Waals surface area contributed by atoms with E-state index in [2.05, 4.69) is 84.3 Å². The van der Waals surface area contributed by atoms with E-state index >= 15 is 0 Å². The van der Waals surface area contributed by atoms with Gasteiger partial charge in [0.25, 0.3) is 0 Å². The summed E-state index contributed by atoms with van der Waals surface area (Å²) < 4.78 is 1.01. The van der Waals surface area contributed by atoms with Gasteiger partial charge < -0.3 is 5.32 Å². The Morgan fingerprint density at radius 2 is 1.80 bits per heavy atom. The fourth-order valence-corrected chi connectivity index (χ4v) is 2.48. The lowest BCUT2D eigenvalue weighted by Crippen LogP contribution is -2.11. The first-order valence-electron chi connectivity index (χ1n) is 6.82. The number of nitrogens with one attached hydrogen (secondary N) is 1. The van der Waals surface area contributed by atoms with Crippen LogP contribution in [0.25, 0.3) is 0 Å². The molecule has 0 atom stereocenters. The Morgan fingerprint density at radius 3 is 2.35 bits per heavy atom. The van der Waals surface area contributed by atoms with Crippen LogP contribution in [-0.2, 0) is 12.0 Å². The molecule has 0 aliphatic carbocycles. The standard InChI is InChI=1S/C17H21BrN2/c1-12-9-15(18)11-20-16(12)19-10-13-5-7-14(8-6-13)17(2,3)4/h5-9,11H,10H2,1-4H3,(H,19,20). The van der Waals surface area contributed by atoms with Crippen LogP contribution in [0.15, 0.2) is 41.0 Å². The molecule has 2 nitrogen and oxygen atoms in total. The smallest absolute Gasteiger partial charge is 0.129 e. The van der Waals surface area contributed by atoms with Gasteiger partial charge in [0.05, 0.1) is 0 Å². The van der Waals surface area contributed by atoms with Gasteiger partial charge >= 0.3 is 0 Å². The van der Waals surface area contributed by atoms with Crippen LogP contribution in [0.4, 0.5) is 5.82 Å². The fraction of sp³-hybridized carbons (Fsp3) is 0.353. The Kier molecular flexibility index (Phi) is 4.48. The van der Waals surface area contributed by atoms with Gasteiger partial charge in [-0.05, 0) is 51.0 Å². The van der Waals surface area contributed by atoms with Gasteiger partial charge in [0.15, 0.2) is 0 Å². The van der Waals surface area contributed by atoms with Crippen LogP contribution in [0.5, 0.6) is 0 Å². The Bertz CT molecular complexity index is 583. The quantitative estimate of drug-likeness (QED) is 0.849. The summed E-state index contributed by atoms with van der Waals surface area (Å²) >= 11 is 3.43. The molecule has 1 aromatic carbocycles. The second kappa shape index (κ2) is 5.96. The van der Waals surface area contributed by atoms with Crippen molar-refractivity contribution in [2.45, 2.75) is 39.7 Å². The van der Waals surface area contributed by atoms with Gasteiger partial charge in [-0.3, -0.25) is 0 Å². The van der Waals surface area contributed by atoms with Crippen molar-refractivity contribution in [2.24, 2.45) is 0 Å². The first-order valence-corrected chi connectivity index (χ1v) is 7.61. The predicted octanol–water partition coefficient (Wildman–Crippen LogP) is 5.06. The Labute approximate surface area is 129 Å². The zero-order chi connectivity index (χ0) is 14.8. The van der Waals surface area contributed by atoms with Crippen molar-refractivity contribution in [3.63, 3.8) is 0 Å². The highest BCUT2D eigenvalue weighted by Crippen LogP contribution is 2.22. The summed E-state index contributed by atoms with van der Waals surface area (Å²) in [6, 6.07) is 10.8. The molecule has 0 amide bonds. The van der Waals surface area contributed by atoms with Crippen LogP contribution in [-0.4, -0.2) is 4.98 Å². The van der Waals surface area contributed by atoms with Crippen molar-refractivity contribution in [3.8, 4) is 0 Å². The Balaban J connectivity index is 2.04. The molecule has 106 valence electrons. The van der Waals surface area contributed by atoms with Crippen molar-refractivity contribution in [3.05, 3.63) is 57.7 Å². The number of anilines is 1. The van der Waals surface area contributed by atoms with Crippen LogP contribution >= 0.6 is 15.9 Å². The van der Waals surface area contributed by atoms with Crippen LogP contribution in [0.2, 0.25) is 0 Å². The summed E-state index contributed by atoms with van der Waals surface area (Å²) in [5.74, 6) is 0.938. The number of benzene rings is 1. The maximum absolute atomic E-state index is 4.39. The van der Waals surface area contributed by atoms with Crippen molar-refractivity contribution >= 4 is 21.7 Å².